The Labute approximate surface area is 226 Å². The molecule has 0 N–H and O–H groups in total. The average molecular weight is 553 g/mol. The predicted octanol–water partition coefficient (Wildman–Crippen LogP) is 5.86. The Morgan fingerprint density at radius 2 is 2.08 bits per heavy atom. The van der Waals surface area contributed by atoms with Gasteiger partial charge in [0.05, 0.1) is 22.4 Å². The molecule has 4 heterocycles. The van der Waals surface area contributed by atoms with Gasteiger partial charge in [-0.05, 0) is 61.5 Å². The number of nitrogens with zero attached hydrogens (tertiary/aromatic N) is 2. The number of ether oxygens (including phenoxy) is 1. The molecular formula is C28H25ClN2O4S2. The van der Waals surface area contributed by atoms with Gasteiger partial charge in [0.25, 0.3) is 5.56 Å². The maximum Gasteiger partial charge on any atom is 0.338 e. The summed E-state index contributed by atoms with van der Waals surface area (Å²) >= 11 is 8.98. The number of fused-ring (bicyclic) bond motifs is 1. The molecule has 3 aromatic heterocycles. The molecule has 1 aromatic carbocycles. The maximum atomic E-state index is 13.7. The lowest BCUT2D eigenvalue weighted by atomic mass is 9.99. The van der Waals surface area contributed by atoms with Crippen LogP contribution in [0.15, 0.2) is 73.3 Å². The molecule has 190 valence electrons. The molecule has 0 spiro atoms. The highest BCUT2D eigenvalue weighted by molar-refractivity contribution is 7.10. The van der Waals surface area contributed by atoms with Crippen LogP contribution in [0.1, 0.15) is 48.9 Å². The van der Waals surface area contributed by atoms with Gasteiger partial charge in [0.15, 0.2) is 4.80 Å². The topological polar surface area (TPSA) is 73.8 Å². The molecule has 9 heteroatoms. The number of rotatable bonds is 7. The zero-order chi connectivity index (χ0) is 26.1. The van der Waals surface area contributed by atoms with Crippen LogP contribution in [-0.2, 0) is 9.53 Å². The van der Waals surface area contributed by atoms with Crippen molar-refractivity contribution in [1.82, 2.24) is 4.57 Å². The summed E-state index contributed by atoms with van der Waals surface area (Å²) in [5.74, 6) is 0.783. The minimum Gasteiger partial charge on any atom is -0.463 e. The molecule has 1 atom stereocenters. The first kappa shape index (κ1) is 25.4. The van der Waals surface area contributed by atoms with Crippen molar-refractivity contribution in [1.29, 1.82) is 0 Å². The molecule has 0 fully saturated rings. The molecule has 5 rings (SSSR count). The van der Waals surface area contributed by atoms with E-state index in [9.17, 15) is 9.59 Å². The number of allylic oxidation sites excluding steroid dienone is 1. The second kappa shape index (κ2) is 10.7. The van der Waals surface area contributed by atoms with Gasteiger partial charge in [-0.25, -0.2) is 9.79 Å². The number of thiophene rings is 1. The van der Waals surface area contributed by atoms with Gasteiger partial charge in [-0.15, -0.1) is 11.3 Å². The van der Waals surface area contributed by atoms with Gasteiger partial charge in [-0.1, -0.05) is 48.4 Å². The number of hydrogen-bond donors (Lipinski definition) is 0. The minimum absolute atomic E-state index is 0.226. The number of benzene rings is 1. The molecule has 37 heavy (non-hydrogen) atoms. The van der Waals surface area contributed by atoms with Crippen LogP contribution in [0.3, 0.4) is 0 Å². The van der Waals surface area contributed by atoms with Crippen molar-refractivity contribution in [2.45, 2.75) is 39.7 Å². The molecule has 1 aliphatic rings. The second-order valence-corrected chi connectivity index (χ2v) is 11.0. The third-order valence-electron chi connectivity index (χ3n) is 6.07. The lowest BCUT2D eigenvalue weighted by Crippen LogP contribution is -2.39. The Morgan fingerprint density at radius 1 is 1.24 bits per heavy atom. The third kappa shape index (κ3) is 4.89. The van der Waals surface area contributed by atoms with Crippen LogP contribution >= 0.6 is 34.3 Å². The molecule has 0 bridgehead atoms. The number of thiazole rings is 1. The van der Waals surface area contributed by atoms with Crippen molar-refractivity contribution < 1.29 is 13.9 Å². The third-order valence-corrected chi connectivity index (χ3v) is 8.21. The second-order valence-electron chi connectivity index (χ2n) is 8.59. The van der Waals surface area contributed by atoms with Crippen LogP contribution in [0.5, 0.6) is 0 Å². The van der Waals surface area contributed by atoms with Crippen molar-refractivity contribution in [2.24, 2.45) is 4.99 Å². The number of esters is 1. The van der Waals surface area contributed by atoms with E-state index in [1.807, 2.05) is 61.7 Å². The number of halogens is 1. The molecular weight excluding hydrogens is 528 g/mol. The molecule has 1 unspecified atom stereocenters. The lowest BCUT2D eigenvalue weighted by molar-refractivity contribution is -0.139. The Kier molecular flexibility index (Phi) is 7.33. The SMILES string of the molecule is CCCC1=C(C(=O)OCC)C(c2cccs2)n2c(s/c(=C\c3ccc(-c4cc(Cl)ccc4C)o3)c2=O)=N1. The summed E-state index contributed by atoms with van der Waals surface area (Å²) in [6, 6.07) is 12.6. The average Bonchev–Trinajstić information content (AvgIpc) is 3.62. The molecule has 0 radical (unpaired) electrons. The van der Waals surface area contributed by atoms with Gasteiger partial charge in [0.1, 0.15) is 17.6 Å². The summed E-state index contributed by atoms with van der Waals surface area (Å²) in [6.45, 7) is 6.05. The number of carbonyl (C=O) groups excluding carboxylic acids is 1. The first-order valence-electron chi connectivity index (χ1n) is 12.0. The fraction of sp³-hybridized carbons (Fsp3) is 0.250. The van der Waals surface area contributed by atoms with Crippen LogP contribution < -0.4 is 14.9 Å². The summed E-state index contributed by atoms with van der Waals surface area (Å²) in [7, 11) is 0. The first-order valence-corrected chi connectivity index (χ1v) is 14.1. The zero-order valence-corrected chi connectivity index (χ0v) is 23.0. The van der Waals surface area contributed by atoms with Crippen molar-refractivity contribution in [3.8, 4) is 11.3 Å². The minimum atomic E-state index is -0.583. The van der Waals surface area contributed by atoms with Gasteiger partial charge in [-0.2, -0.15) is 0 Å². The Bertz CT molecular complexity index is 1680. The van der Waals surface area contributed by atoms with E-state index in [-0.39, 0.29) is 12.2 Å². The summed E-state index contributed by atoms with van der Waals surface area (Å²) < 4.78 is 13.6. The highest BCUT2D eigenvalue weighted by atomic mass is 35.5. The largest absolute Gasteiger partial charge is 0.463 e. The first-order chi connectivity index (χ1) is 17.9. The highest BCUT2D eigenvalue weighted by Crippen LogP contribution is 2.34. The highest BCUT2D eigenvalue weighted by Gasteiger charge is 2.34. The van der Waals surface area contributed by atoms with Crippen molar-refractivity contribution in [2.75, 3.05) is 6.61 Å². The molecule has 0 saturated carbocycles. The van der Waals surface area contributed by atoms with E-state index in [4.69, 9.17) is 25.7 Å². The molecule has 1 aliphatic heterocycles. The standard InChI is InChI=1S/C28H25ClN2O4S2/c1-4-7-20-24(27(33)34-5-2)25(22-8-6-13-36-22)31-26(32)23(37-28(31)30-20)15-18-11-12-21(35-18)19-14-17(29)10-9-16(19)3/h6,8-15,25H,4-5,7H2,1-3H3/b23-15-. The van der Waals surface area contributed by atoms with Gasteiger partial charge in [-0.3, -0.25) is 9.36 Å². The van der Waals surface area contributed by atoms with Crippen LogP contribution in [0.25, 0.3) is 17.4 Å². The maximum absolute atomic E-state index is 13.7. The van der Waals surface area contributed by atoms with Crippen molar-refractivity contribution >= 4 is 46.3 Å². The van der Waals surface area contributed by atoms with E-state index < -0.39 is 12.0 Å². The van der Waals surface area contributed by atoms with Crippen LogP contribution in [0.2, 0.25) is 5.02 Å². The smallest absolute Gasteiger partial charge is 0.338 e. The van der Waals surface area contributed by atoms with E-state index in [1.54, 1.807) is 17.6 Å². The van der Waals surface area contributed by atoms with Crippen LogP contribution in [0, 0.1) is 6.92 Å². The molecule has 0 amide bonds. The number of aromatic nitrogens is 1. The summed E-state index contributed by atoms with van der Waals surface area (Å²) in [5.41, 5.74) is 2.81. The zero-order valence-electron chi connectivity index (χ0n) is 20.6. The van der Waals surface area contributed by atoms with Crippen molar-refractivity contribution in [3.63, 3.8) is 0 Å². The number of carbonyl (C=O) groups is 1. The summed E-state index contributed by atoms with van der Waals surface area (Å²) in [6.07, 6.45) is 3.15. The quantitative estimate of drug-likeness (QED) is 0.269. The number of furan rings is 1. The number of hydrogen-bond acceptors (Lipinski definition) is 7. The van der Waals surface area contributed by atoms with E-state index in [2.05, 4.69) is 0 Å². The monoisotopic (exact) mass is 552 g/mol. The molecule has 4 aromatic rings. The van der Waals surface area contributed by atoms with Gasteiger partial charge >= 0.3 is 5.97 Å². The Hall–Kier alpha value is -3.20. The van der Waals surface area contributed by atoms with E-state index in [0.29, 0.717) is 43.6 Å². The fourth-order valence-electron chi connectivity index (χ4n) is 4.40. The summed E-state index contributed by atoms with van der Waals surface area (Å²) in [4.78, 5) is 33.1. The Morgan fingerprint density at radius 3 is 2.81 bits per heavy atom. The van der Waals surface area contributed by atoms with Crippen LogP contribution in [-0.4, -0.2) is 17.1 Å². The van der Waals surface area contributed by atoms with Gasteiger partial charge < -0.3 is 9.15 Å². The molecule has 0 aliphatic carbocycles. The molecule has 6 nitrogen and oxygen atoms in total. The van der Waals surface area contributed by atoms with E-state index in [1.165, 1.54) is 22.7 Å². The van der Waals surface area contributed by atoms with Crippen molar-refractivity contribution in [3.05, 3.63) is 100 Å². The van der Waals surface area contributed by atoms with Gasteiger partial charge in [0, 0.05) is 21.5 Å². The van der Waals surface area contributed by atoms with E-state index >= 15 is 0 Å². The Balaban J connectivity index is 1.65. The summed E-state index contributed by atoms with van der Waals surface area (Å²) in [5, 5.41) is 2.57. The van der Waals surface area contributed by atoms with E-state index in [0.717, 1.165) is 22.4 Å². The lowest BCUT2D eigenvalue weighted by Gasteiger charge is -2.24. The number of aryl methyl sites for hydroxylation is 1. The molecule has 0 saturated heterocycles. The van der Waals surface area contributed by atoms with Gasteiger partial charge in [0.2, 0.25) is 0 Å². The normalized spacial score (nSPS) is 15.6. The predicted molar refractivity (Wildman–Crippen MR) is 148 cm³/mol. The van der Waals surface area contributed by atoms with Crippen LogP contribution in [0.4, 0.5) is 0 Å². The fourth-order valence-corrected chi connectivity index (χ4v) is 6.40.